The summed E-state index contributed by atoms with van der Waals surface area (Å²) >= 11 is 0. The summed E-state index contributed by atoms with van der Waals surface area (Å²) in [5.74, 6) is 1.07. The van der Waals surface area contributed by atoms with Crippen molar-refractivity contribution >= 4 is 0 Å². The van der Waals surface area contributed by atoms with Crippen molar-refractivity contribution in [2.75, 3.05) is 0 Å². The fourth-order valence-electron chi connectivity index (χ4n) is 0.816. The zero-order valence-electron chi connectivity index (χ0n) is 6.41. The van der Waals surface area contributed by atoms with Crippen molar-refractivity contribution in [3.05, 3.63) is 30.4 Å². The molecule has 0 spiro atoms. The number of rotatable bonds is 2. The summed E-state index contributed by atoms with van der Waals surface area (Å²) in [6, 6.07) is 0. The lowest BCUT2D eigenvalue weighted by atomic mass is 10.5. The fourth-order valence-corrected chi connectivity index (χ4v) is 0.816. The third kappa shape index (κ3) is 1.47. The van der Waals surface area contributed by atoms with Crippen molar-refractivity contribution in [1.82, 2.24) is 9.55 Å². The Morgan fingerprint density at radius 2 is 2.50 bits per heavy atom. The van der Waals surface area contributed by atoms with Gasteiger partial charge in [0.2, 0.25) is 0 Å². The molecule has 0 aliphatic carbocycles. The van der Waals surface area contributed by atoms with Crippen LogP contribution in [0.2, 0.25) is 0 Å². The van der Waals surface area contributed by atoms with Gasteiger partial charge in [-0.25, -0.2) is 4.98 Å². The molecule has 1 rings (SSSR count). The van der Waals surface area contributed by atoms with Crippen LogP contribution in [0.25, 0.3) is 0 Å². The van der Waals surface area contributed by atoms with E-state index in [1.54, 1.807) is 0 Å². The van der Waals surface area contributed by atoms with Gasteiger partial charge in [-0.05, 0) is 13.8 Å². The van der Waals surface area contributed by atoms with Gasteiger partial charge in [0.25, 0.3) is 0 Å². The molecule has 0 aliphatic heterocycles. The molecular formula is C8H12N2. The number of aryl methyl sites for hydroxylation is 1. The van der Waals surface area contributed by atoms with Gasteiger partial charge in [0.15, 0.2) is 0 Å². The third-order valence-corrected chi connectivity index (χ3v) is 1.46. The van der Waals surface area contributed by atoms with Crippen LogP contribution in [0.4, 0.5) is 0 Å². The van der Waals surface area contributed by atoms with Crippen LogP contribution in [0.3, 0.4) is 0 Å². The molecule has 0 aliphatic rings. The first-order valence-electron chi connectivity index (χ1n) is 3.43. The highest BCUT2D eigenvalue weighted by molar-refractivity contribution is 4.91. The average molecular weight is 136 g/mol. The predicted molar refractivity (Wildman–Crippen MR) is 41.8 cm³/mol. The SMILES string of the molecule is C/C=C/Cn1ccnc1C. The normalized spacial score (nSPS) is 11.0. The molecule has 0 aromatic carbocycles. The van der Waals surface area contributed by atoms with Crippen molar-refractivity contribution in [3.63, 3.8) is 0 Å². The van der Waals surface area contributed by atoms with E-state index in [2.05, 4.69) is 15.6 Å². The Balaban J connectivity index is 2.65. The molecule has 1 aromatic heterocycles. The maximum Gasteiger partial charge on any atom is 0.105 e. The van der Waals surface area contributed by atoms with Gasteiger partial charge in [-0.3, -0.25) is 0 Å². The lowest BCUT2D eigenvalue weighted by Crippen LogP contribution is -1.95. The molecule has 0 fully saturated rings. The van der Waals surface area contributed by atoms with Crippen LogP contribution in [0.5, 0.6) is 0 Å². The molecule has 0 unspecified atom stereocenters. The number of imidazole rings is 1. The quantitative estimate of drug-likeness (QED) is 0.566. The summed E-state index contributed by atoms with van der Waals surface area (Å²) in [7, 11) is 0. The molecule has 2 nitrogen and oxygen atoms in total. The molecule has 2 heteroatoms. The third-order valence-electron chi connectivity index (χ3n) is 1.46. The van der Waals surface area contributed by atoms with E-state index in [0.717, 1.165) is 12.4 Å². The Morgan fingerprint density at radius 3 is 3.00 bits per heavy atom. The second-order valence-electron chi connectivity index (χ2n) is 2.20. The van der Waals surface area contributed by atoms with Crippen molar-refractivity contribution in [2.45, 2.75) is 20.4 Å². The number of aromatic nitrogens is 2. The van der Waals surface area contributed by atoms with Gasteiger partial charge < -0.3 is 4.57 Å². The molecule has 0 atom stereocenters. The first-order valence-corrected chi connectivity index (χ1v) is 3.43. The second kappa shape index (κ2) is 3.20. The molecule has 1 heterocycles. The molecule has 54 valence electrons. The highest BCUT2D eigenvalue weighted by Gasteiger charge is 1.90. The summed E-state index contributed by atoms with van der Waals surface area (Å²) in [6.07, 6.45) is 7.95. The van der Waals surface area contributed by atoms with Crippen molar-refractivity contribution in [3.8, 4) is 0 Å². The standard InChI is InChI=1S/C8H12N2/c1-3-4-6-10-7-5-9-8(10)2/h3-5,7H,6H2,1-2H3/b4-3+. The summed E-state index contributed by atoms with van der Waals surface area (Å²) in [4.78, 5) is 4.10. The summed E-state index contributed by atoms with van der Waals surface area (Å²) in [6.45, 7) is 4.96. The molecule has 0 bridgehead atoms. The molecule has 1 aromatic rings. The van der Waals surface area contributed by atoms with E-state index in [0.29, 0.717) is 0 Å². The minimum absolute atomic E-state index is 0.933. The summed E-state index contributed by atoms with van der Waals surface area (Å²) < 4.78 is 2.10. The second-order valence-corrected chi connectivity index (χ2v) is 2.20. The first-order chi connectivity index (χ1) is 4.84. The Kier molecular flexibility index (Phi) is 2.26. The van der Waals surface area contributed by atoms with Crippen molar-refractivity contribution < 1.29 is 0 Å². The Labute approximate surface area is 61.2 Å². The van der Waals surface area contributed by atoms with E-state index in [1.807, 2.05) is 32.3 Å². The minimum Gasteiger partial charge on any atom is -0.331 e. The molecule has 0 saturated carbocycles. The minimum atomic E-state index is 0.933. The fraction of sp³-hybridized carbons (Fsp3) is 0.375. The zero-order valence-corrected chi connectivity index (χ0v) is 6.41. The van der Waals surface area contributed by atoms with Crippen LogP contribution in [0.1, 0.15) is 12.7 Å². The largest absolute Gasteiger partial charge is 0.331 e. The summed E-state index contributed by atoms with van der Waals surface area (Å²) in [5, 5.41) is 0. The van der Waals surface area contributed by atoms with Gasteiger partial charge in [0, 0.05) is 18.9 Å². The van der Waals surface area contributed by atoms with E-state index < -0.39 is 0 Å². The molecular weight excluding hydrogens is 124 g/mol. The molecule has 0 saturated heterocycles. The predicted octanol–water partition coefficient (Wildman–Crippen LogP) is 1.77. The van der Waals surface area contributed by atoms with Gasteiger partial charge in [-0.1, -0.05) is 12.2 Å². The maximum atomic E-state index is 4.10. The van der Waals surface area contributed by atoms with E-state index in [9.17, 15) is 0 Å². The highest BCUT2D eigenvalue weighted by atomic mass is 15.0. The highest BCUT2D eigenvalue weighted by Crippen LogP contribution is 1.94. The van der Waals surface area contributed by atoms with E-state index in [-0.39, 0.29) is 0 Å². The topological polar surface area (TPSA) is 17.8 Å². The zero-order chi connectivity index (χ0) is 7.40. The van der Waals surface area contributed by atoms with E-state index in [1.165, 1.54) is 0 Å². The van der Waals surface area contributed by atoms with Gasteiger partial charge in [-0.15, -0.1) is 0 Å². The Morgan fingerprint density at radius 1 is 1.70 bits per heavy atom. The number of allylic oxidation sites excluding steroid dienone is 2. The van der Waals surface area contributed by atoms with Crippen molar-refractivity contribution in [1.29, 1.82) is 0 Å². The average Bonchev–Trinajstić information content (AvgIpc) is 2.31. The smallest absolute Gasteiger partial charge is 0.105 e. The lowest BCUT2D eigenvalue weighted by molar-refractivity contribution is 0.780. The van der Waals surface area contributed by atoms with Gasteiger partial charge in [-0.2, -0.15) is 0 Å². The van der Waals surface area contributed by atoms with E-state index in [4.69, 9.17) is 0 Å². The van der Waals surface area contributed by atoms with Crippen LogP contribution >= 0.6 is 0 Å². The van der Waals surface area contributed by atoms with Gasteiger partial charge in [0.05, 0.1) is 0 Å². The molecule has 0 N–H and O–H groups in total. The Hall–Kier alpha value is -1.05. The lowest BCUT2D eigenvalue weighted by Gasteiger charge is -1.97. The number of hydrogen-bond donors (Lipinski definition) is 0. The monoisotopic (exact) mass is 136 g/mol. The van der Waals surface area contributed by atoms with E-state index >= 15 is 0 Å². The van der Waals surface area contributed by atoms with Gasteiger partial charge in [0.1, 0.15) is 5.82 Å². The maximum absolute atomic E-state index is 4.10. The van der Waals surface area contributed by atoms with Crippen LogP contribution in [0.15, 0.2) is 24.5 Å². The van der Waals surface area contributed by atoms with Gasteiger partial charge >= 0.3 is 0 Å². The molecule has 10 heavy (non-hydrogen) atoms. The first kappa shape index (κ1) is 7.06. The van der Waals surface area contributed by atoms with Crippen LogP contribution in [0, 0.1) is 6.92 Å². The molecule has 0 amide bonds. The van der Waals surface area contributed by atoms with Crippen LogP contribution in [-0.4, -0.2) is 9.55 Å². The Bertz CT molecular complexity index is 223. The van der Waals surface area contributed by atoms with Crippen LogP contribution in [-0.2, 0) is 6.54 Å². The number of nitrogens with zero attached hydrogens (tertiary/aromatic N) is 2. The van der Waals surface area contributed by atoms with Crippen molar-refractivity contribution in [2.24, 2.45) is 0 Å². The summed E-state index contributed by atoms with van der Waals surface area (Å²) in [5.41, 5.74) is 0. The number of hydrogen-bond acceptors (Lipinski definition) is 1. The molecule has 0 radical (unpaired) electrons. The van der Waals surface area contributed by atoms with Crippen LogP contribution < -0.4 is 0 Å².